The largest absolute Gasteiger partial charge is 0.481 e. The van der Waals surface area contributed by atoms with Crippen molar-refractivity contribution in [2.24, 2.45) is 0 Å². The predicted molar refractivity (Wildman–Crippen MR) is 149 cm³/mol. The molecule has 0 amide bonds. The minimum absolute atomic E-state index is 0.101. The topological polar surface area (TPSA) is 87.8 Å². The number of halogens is 3. The van der Waals surface area contributed by atoms with Gasteiger partial charge in [0.2, 0.25) is 15.8 Å². The highest BCUT2D eigenvalue weighted by molar-refractivity contribution is 7.89. The molecule has 1 N–H and O–H groups in total. The number of nitrogens with zero attached hydrogens (tertiary/aromatic N) is 1. The molecule has 0 spiro atoms. The van der Waals surface area contributed by atoms with Crippen molar-refractivity contribution in [3.8, 4) is 11.1 Å². The van der Waals surface area contributed by atoms with Crippen LogP contribution < -0.4 is 0 Å². The molecule has 0 aliphatic carbocycles. The number of aliphatic carboxylic acids is 1. The summed E-state index contributed by atoms with van der Waals surface area (Å²) in [5, 5.41) is 9.10. The number of alkyl halides is 3. The molecule has 0 aliphatic heterocycles. The fraction of sp³-hybridized carbons (Fsp3) is 0.258. The van der Waals surface area contributed by atoms with E-state index in [1.807, 2.05) is 13.0 Å². The molecule has 1 atom stereocenters. The summed E-state index contributed by atoms with van der Waals surface area (Å²) in [4.78, 5) is 11.2. The highest BCUT2D eigenvalue weighted by atomic mass is 32.2. The Balaban J connectivity index is 1.73. The smallest absolute Gasteiger partial charge is 0.449 e. The summed E-state index contributed by atoms with van der Waals surface area (Å²) >= 11 is 0. The third kappa shape index (κ3) is 6.71. The van der Waals surface area contributed by atoms with E-state index in [0.717, 1.165) is 33.1 Å². The molecule has 0 saturated carbocycles. The second kappa shape index (κ2) is 11.5. The fourth-order valence-electron chi connectivity index (χ4n) is 5.01. The van der Waals surface area contributed by atoms with E-state index in [-0.39, 0.29) is 23.6 Å². The van der Waals surface area contributed by atoms with E-state index in [1.54, 1.807) is 68.4 Å². The van der Waals surface area contributed by atoms with Gasteiger partial charge in [-0.1, -0.05) is 66.2 Å². The second-order valence-corrected chi connectivity index (χ2v) is 11.9. The van der Waals surface area contributed by atoms with Gasteiger partial charge in [0.15, 0.2) is 0 Å². The number of aryl methyl sites for hydroxylation is 3. The van der Waals surface area contributed by atoms with Crippen molar-refractivity contribution < 1.29 is 35.9 Å². The van der Waals surface area contributed by atoms with Crippen LogP contribution in [0.25, 0.3) is 11.1 Å². The molecule has 0 saturated heterocycles. The summed E-state index contributed by atoms with van der Waals surface area (Å²) in [5.41, 5.74) is 4.81. The third-order valence-corrected chi connectivity index (χ3v) is 9.05. The molecule has 1 unspecified atom stereocenters. The van der Waals surface area contributed by atoms with Gasteiger partial charge in [0, 0.05) is 6.54 Å². The van der Waals surface area contributed by atoms with Crippen LogP contribution in [0, 0.1) is 20.8 Å². The average Bonchev–Trinajstić information content (AvgIpc) is 3.37. The molecule has 4 rings (SSSR count). The van der Waals surface area contributed by atoms with E-state index in [0.29, 0.717) is 22.3 Å². The van der Waals surface area contributed by atoms with Crippen molar-refractivity contribution in [3.63, 3.8) is 0 Å². The predicted octanol–water partition coefficient (Wildman–Crippen LogP) is 7.47. The fourth-order valence-corrected chi connectivity index (χ4v) is 7.02. The van der Waals surface area contributed by atoms with Crippen molar-refractivity contribution in [2.75, 3.05) is 0 Å². The van der Waals surface area contributed by atoms with Gasteiger partial charge in [-0.25, -0.2) is 8.42 Å². The Hall–Kier alpha value is -3.89. The van der Waals surface area contributed by atoms with Crippen LogP contribution in [0.3, 0.4) is 0 Å². The minimum atomic E-state index is -4.70. The van der Waals surface area contributed by atoms with Crippen LogP contribution >= 0.6 is 0 Å². The van der Waals surface area contributed by atoms with Crippen LogP contribution in [0.1, 0.15) is 52.3 Å². The lowest BCUT2D eigenvalue weighted by Crippen LogP contribution is -2.34. The van der Waals surface area contributed by atoms with Crippen LogP contribution in [-0.2, 0) is 34.0 Å². The quantitative estimate of drug-likeness (QED) is 0.220. The van der Waals surface area contributed by atoms with Crippen LogP contribution in [-0.4, -0.2) is 23.8 Å². The Morgan fingerprint density at radius 3 is 2.10 bits per heavy atom. The normalized spacial score (nSPS) is 13.0. The molecule has 1 heterocycles. The van der Waals surface area contributed by atoms with Crippen LogP contribution in [0.4, 0.5) is 13.2 Å². The Morgan fingerprint density at radius 2 is 1.54 bits per heavy atom. The summed E-state index contributed by atoms with van der Waals surface area (Å²) in [6.45, 7) is 6.61. The standard InChI is InChI=1S/C31H30F3NO5S/c1-19-14-20(2)30(21(3)15-19)41(38,39)35(22(4)27-12-13-28(40-27)31(32,33)34)18-23-8-10-25(11-9-23)26-7-5-6-24(16-26)17-29(36)37/h5-16,22H,17-18H2,1-4H3,(H,36,37). The zero-order valence-corrected chi connectivity index (χ0v) is 23.8. The Morgan fingerprint density at radius 1 is 0.902 bits per heavy atom. The van der Waals surface area contributed by atoms with Gasteiger partial charge in [-0.15, -0.1) is 0 Å². The first-order valence-electron chi connectivity index (χ1n) is 12.8. The molecule has 6 nitrogen and oxygen atoms in total. The first-order chi connectivity index (χ1) is 19.2. The van der Waals surface area contributed by atoms with Crippen LogP contribution in [0.5, 0.6) is 0 Å². The van der Waals surface area contributed by atoms with Gasteiger partial charge >= 0.3 is 12.1 Å². The maximum atomic E-state index is 14.1. The lowest BCUT2D eigenvalue weighted by atomic mass is 10.0. The van der Waals surface area contributed by atoms with E-state index in [1.165, 1.54) is 6.92 Å². The van der Waals surface area contributed by atoms with Gasteiger partial charge in [0.25, 0.3) is 0 Å². The molecule has 0 fully saturated rings. The number of carboxylic acids is 1. The van der Waals surface area contributed by atoms with Crippen LogP contribution in [0.2, 0.25) is 0 Å². The van der Waals surface area contributed by atoms with Gasteiger partial charge < -0.3 is 9.52 Å². The first-order valence-corrected chi connectivity index (χ1v) is 14.3. The molecule has 41 heavy (non-hydrogen) atoms. The monoisotopic (exact) mass is 585 g/mol. The van der Waals surface area contributed by atoms with Gasteiger partial charge in [0.1, 0.15) is 5.76 Å². The lowest BCUT2D eigenvalue weighted by Gasteiger charge is -2.29. The molecule has 0 bridgehead atoms. The summed E-state index contributed by atoms with van der Waals surface area (Å²) in [5.74, 6) is -2.27. The average molecular weight is 586 g/mol. The van der Waals surface area contributed by atoms with Crippen molar-refractivity contribution in [2.45, 2.75) is 57.8 Å². The number of furan rings is 1. The van der Waals surface area contributed by atoms with E-state index in [9.17, 15) is 26.4 Å². The van der Waals surface area contributed by atoms with E-state index >= 15 is 0 Å². The van der Waals surface area contributed by atoms with Crippen molar-refractivity contribution in [1.82, 2.24) is 4.31 Å². The molecule has 4 aromatic rings. The highest BCUT2D eigenvalue weighted by Crippen LogP contribution is 2.37. The SMILES string of the molecule is Cc1cc(C)c(S(=O)(=O)N(Cc2ccc(-c3cccc(CC(=O)O)c3)cc2)C(C)c2ccc(C(F)(F)F)o2)c(C)c1. The number of carboxylic acid groups (broad SMARTS) is 1. The molecule has 10 heteroatoms. The Labute approximate surface area is 237 Å². The van der Waals surface area contributed by atoms with E-state index in [2.05, 4.69) is 0 Å². The maximum absolute atomic E-state index is 14.1. The number of sulfonamides is 1. The number of carbonyl (C=O) groups is 1. The first kappa shape index (κ1) is 30.1. The molecule has 0 aliphatic rings. The summed E-state index contributed by atoms with van der Waals surface area (Å²) in [6, 6.07) is 18.6. The molecular weight excluding hydrogens is 555 g/mol. The molecule has 216 valence electrons. The molecule has 3 aromatic carbocycles. The molecule has 0 radical (unpaired) electrons. The highest BCUT2D eigenvalue weighted by Gasteiger charge is 2.38. The van der Waals surface area contributed by atoms with Gasteiger partial charge in [-0.05, 0) is 73.2 Å². The number of rotatable bonds is 9. The van der Waals surface area contributed by atoms with Crippen molar-refractivity contribution >= 4 is 16.0 Å². The van der Waals surface area contributed by atoms with Crippen molar-refractivity contribution in [3.05, 3.63) is 112 Å². The lowest BCUT2D eigenvalue weighted by molar-refractivity contribution is -0.153. The van der Waals surface area contributed by atoms with Crippen LogP contribution in [0.15, 0.2) is 82.1 Å². The molecular formula is C31H30F3NO5S. The minimum Gasteiger partial charge on any atom is -0.481 e. The van der Waals surface area contributed by atoms with Gasteiger partial charge in [-0.2, -0.15) is 17.5 Å². The van der Waals surface area contributed by atoms with E-state index < -0.39 is 34.0 Å². The molecule has 1 aromatic heterocycles. The summed E-state index contributed by atoms with van der Waals surface area (Å²) in [7, 11) is -4.19. The number of hydrogen-bond donors (Lipinski definition) is 1. The second-order valence-electron chi connectivity index (χ2n) is 10.1. The van der Waals surface area contributed by atoms with Crippen molar-refractivity contribution in [1.29, 1.82) is 0 Å². The Bertz CT molecular complexity index is 1650. The zero-order valence-electron chi connectivity index (χ0n) is 23.0. The number of benzene rings is 3. The number of hydrogen-bond acceptors (Lipinski definition) is 4. The summed E-state index contributed by atoms with van der Waals surface area (Å²) < 4.78 is 74.3. The maximum Gasteiger partial charge on any atom is 0.449 e. The van der Waals surface area contributed by atoms with E-state index in [4.69, 9.17) is 9.52 Å². The summed E-state index contributed by atoms with van der Waals surface area (Å²) in [6.07, 6.45) is -4.82. The zero-order chi connectivity index (χ0) is 30.1. The Kier molecular flexibility index (Phi) is 8.46. The van der Waals surface area contributed by atoms with Gasteiger partial charge in [0.05, 0.1) is 17.4 Å². The van der Waals surface area contributed by atoms with Gasteiger partial charge in [-0.3, -0.25) is 4.79 Å². The third-order valence-electron chi connectivity index (χ3n) is 6.83.